The maximum Gasteiger partial charge on any atom is 0.411 e. The number of carbonyl (C=O) groups is 3. The number of alkyl carbamates (subject to hydrolysis) is 1. The molecule has 0 bridgehead atoms. The van der Waals surface area contributed by atoms with E-state index in [0.29, 0.717) is 39.6 Å². The number of hydrogen-bond acceptors (Lipinski definition) is 14. The van der Waals surface area contributed by atoms with Gasteiger partial charge in [0, 0.05) is 66.0 Å². The highest BCUT2D eigenvalue weighted by Gasteiger charge is 2.46. The van der Waals surface area contributed by atoms with Gasteiger partial charge in [-0.25, -0.2) is 4.79 Å². The molecule has 17 heteroatoms. The fourth-order valence-corrected chi connectivity index (χ4v) is 8.67. The summed E-state index contributed by atoms with van der Waals surface area (Å²) in [4.78, 5) is 48.9. The van der Waals surface area contributed by atoms with Gasteiger partial charge in [-0.15, -0.1) is 15.4 Å². The molecule has 0 radical (unpaired) electrons. The van der Waals surface area contributed by atoms with Gasteiger partial charge in [0.1, 0.15) is 18.0 Å². The lowest BCUT2D eigenvalue weighted by Gasteiger charge is -2.43. The number of fused-ring (bicyclic) bond motifs is 3. The maximum atomic E-state index is 14.7. The van der Waals surface area contributed by atoms with Gasteiger partial charge < -0.3 is 48.9 Å². The molecule has 2 saturated heterocycles. The Hall–Kier alpha value is -4.79. The predicted molar refractivity (Wildman–Crippen MR) is 241 cm³/mol. The molecule has 3 aliphatic rings. The largest absolute Gasteiger partial charge is 0.508 e. The molecule has 336 valence electrons. The standard InChI is InChI=1S/C46H54N4O11S2/c1-8-9-10-11-12-13-37(41-28(16-17-63(7)62)35(52)20-36(53)43(41)50-46(55)57-6)61-45-39(60-40-21-38(56-5)34(24-58-40)48-25(2)3)19-29(26(4)59-45)44(54)32-23-47-22-31-30-18-27(51)14-15-33(30)49-42(31)32/h10-11,14-16,18,22-23,25-26,29,34-35,37-40,45,48-49,51-52H,17,19-21,24H2,1-7H3,(H,50,55)/b11-10-,28-16-/t26?,29?,34?,35-,37-,38?,39?,40?,45?,63?/m0/s1. The van der Waals surface area contributed by atoms with Crippen LogP contribution in [0.4, 0.5) is 4.79 Å². The van der Waals surface area contributed by atoms with Crippen LogP contribution in [0, 0.1) is 29.6 Å². The molecule has 2 fully saturated rings. The number of carbonyl (C=O) groups excluding carboxylic acids is 3. The number of aromatic hydroxyl groups is 1. The number of aromatic amines is 1. The van der Waals surface area contributed by atoms with E-state index in [0.717, 1.165) is 5.52 Å². The van der Waals surface area contributed by atoms with Crippen molar-refractivity contribution in [3.63, 3.8) is 0 Å². The van der Waals surface area contributed by atoms with E-state index in [1.165, 1.54) is 19.4 Å². The second kappa shape index (κ2) is 21.7. The number of amides is 1. The quantitative estimate of drug-likeness (QED) is 0.119. The highest BCUT2D eigenvalue weighted by atomic mass is 32.8. The SMILES string of the molecule is CC#C/C=C\C#C[C@H](OC1OC(C)C(C(=O)c2cncc3c2[nH]c2ccc(O)cc23)CC1OC1CC(OC)C(NC(C)C)CO1)C1=C(NC(=O)OC)C(=O)C[C@H](O)/C1=C/CS(C)=S. The monoisotopic (exact) mass is 902 g/mol. The van der Waals surface area contributed by atoms with Crippen molar-refractivity contribution in [3.8, 4) is 29.4 Å². The average molecular weight is 903 g/mol. The van der Waals surface area contributed by atoms with Gasteiger partial charge in [0.25, 0.3) is 0 Å². The summed E-state index contributed by atoms with van der Waals surface area (Å²) in [5, 5.41) is 29.1. The highest BCUT2D eigenvalue weighted by Crippen LogP contribution is 2.38. The van der Waals surface area contributed by atoms with Crippen molar-refractivity contribution in [2.45, 2.75) is 102 Å². The number of nitrogens with zero attached hydrogens (tertiary/aromatic N) is 1. The van der Waals surface area contributed by atoms with Gasteiger partial charge in [-0.05, 0) is 62.4 Å². The summed E-state index contributed by atoms with van der Waals surface area (Å²) in [6.45, 7) is 7.79. The third kappa shape index (κ3) is 11.5. The first-order chi connectivity index (χ1) is 30.2. The van der Waals surface area contributed by atoms with Gasteiger partial charge in [-0.2, -0.15) is 0 Å². The zero-order valence-electron chi connectivity index (χ0n) is 36.3. The number of aliphatic hydroxyl groups excluding tert-OH is 1. The molecule has 1 amide bonds. The predicted octanol–water partition coefficient (Wildman–Crippen LogP) is 4.42. The minimum atomic E-state index is -1.33. The molecule has 10 atom stereocenters. The number of aromatic nitrogens is 2. The first-order valence-electron chi connectivity index (χ1n) is 20.6. The first-order valence-corrected chi connectivity index (χ1v) is 23.3. The number of phenolic OH excluding ortho intramolecular Hbond substituents is 1. The fraction of sp³-hybridized carbons (Fsp3) is 0.478. The number of hydrogen-bond donors (Lipinski definition) is 5. The Bertz CT molecular complexity index is 2440. The Balaban J connectivity index is 1.43. The number of methoxy groups -OCH3 is 2. The zero-order valence-corrected chi connectivity index (χ0v) is 37.9. The summed E-state index contributed by atoms with van der Waals surface area (Å²) in [6, 6.07) is 4.98. The van der Waals surface area contributed by atoms with E-state index in [1.54, 1.807) is 57.5 Å². The van der Waals surface area contributed by atoms with E-state index in [-0.39, 0.29) is 60.4 Å². The van der Waals surface area contributed by atoms with Crippen molar-refractivity contribution in [1.82, 2.24) is 20.6 Å². The van der Waals surface area contributed by atoms with Crippen molar-refractivity contribution in [2.75, 3.05) is 32.8 Å². The molecule has 1 aromatic carbocycles. The normalized spacial score (nSPS) is 26.9. The van der Waals surface area contributed by atoms with Gasteiger partial charge in [-0.3, -0.25) is 19.9 Å². The van der Waals surface area contributed by atoms with Crippen molar-refractivity contribution in [1.29, 1.82) is 0 Å². The van der Waals surface area contributed by atoms with Crippen molar-refractivity contribution in [3.05, 3.63) is 71.2 Å². The first kappa shape index (κ1) is 47.7. The number of benzene rings is 1. The molecule has 15 nitrogen and oxygen atoms in total. The van der Waals surface area contributed by atoms with Crippen molar-refractivity contribution < 1.29 is 53.0 Å². The molecule has 8 unspecified atom stereocenters. The fourth-order valence-electron chi connectivity index (χ4n) is 8.05. The van der Waals surface area contributed by atoms with Crippen molar-refractivity contribution >= 4 is 60.1 Å². The zero-order chi connectivity index (χ0) is 45.4. The van der Waals surface area contributed by atoms with Crippen LogP contribution in [0.5, 0.6) is 5.75 Å². The second-order valence-corrected chi connectivity index (χ2v) is 18.9. The Labute approximate surface area is 373 Å². The molecule has 1 aliphatic carbocycles. The molecule has 4 heterocycles. The molecular weight excluding hydrogens is 849 g/mol. The van der Waals surface area contributed by atoms with Crippen LogP contribution in [0.3, 0.4) is 0 Å². The summed E-state index contributed by atoms with van der Waals surface area (Å²) in [5.74, 6) is 10.4. The third-order valence-electron chi connectivity index (χ3n) is 11.0. The maximum absolute atomic E-state index is 14.7. The summed E-state index contributed by atoms with van der Waals surface area (Å²) >= 11 is 5.48. The van der Waals surface area contributed by atoms with E-state index < -0.39 is 64.2 Å². The summed E-state index contributed by atoms with van der Waals surface area (Å²) in [5.41, 5.74) is 1.84. The Morgan fingerprint density at radius 1 is 1.14 bits per heavy atom. The van der Waals surface area contributed by atoms with E-state index in [1.807, 2.05) is 20.1 Å². The number of rotatable bonds is 13. The Morgan fingerprint density at radius 3 is 2.63 bits per heavy atom. The molecule has 0 saturated carbocycles. The lowest BCUT2D eigenvalue weighted by Crippen LogP contribution is -2.55. The summed E-state index contributed by atoms with van der Waals surface area (Å²) in [6.07, 6.45) is 2.29. The summed E-state index contributed by atoms with van der Waals surface area (Å²) in [7, 11) is 2.27. The van der Waals surface area contributed by atoms with Gasteiger partial charge in [-0.1, -0.05) is 48.9 Å². The van der Waals surface area contributed by atoms with Crippen LogP contribution in [-0.4, -0.2) is 126 Å². The number of Topliss-reactive ketones (excluding diaryl/α,β-unsaturated/α-hetero) is 2. The molecule has 2 aromatic heterocycles. The number of phenols is 1. The van der Waals surface area contributed by atoms with Crippen LogP contribution in [-0.2, 0) is 53.9 Å². The second-order valence-electron chi connectivity index (χ2n) is 15.7. The number of allylic oxidation sites excluding steroid dienone is 3. The molecule has 63 heavy (non-hydrogen) atoms. The highest BCUT2D eigenvalue weighted by molar-refractivity contribution is 8.28. The summed E-state index contributed by atoms with van der Waals surface area (Å²) < 4.78 is 37.2. The average Bonchev–Trinajstić information content (AvgIpc) is 3.62. The number of ketones is 2. The number of nitrogens with one attached hydrogen (secondary N) is 3. The van der Waals surface area contributed by atoms with Gasteiger partial charge in [0.05, 0.1) is 60.8 Å². The van der Waals surface area contributed by atoms with E-state index in [2.05, 4.69) is 44.3 Å². The third-order valence-corrected chi connectivity index (χ3v) is 12.1. The van der Waals surface area contributed by atoms with Crippen LogP contribution in [0.15, 0.2) is 65.7 Å². The van der Waals surface area contributed by atoms with Crippen LogP contribution >= 0.6 is 0 Å². The minimum absolute atomic E-state index is 0.0787. The van der Waals surface area contributed by atoms with Crippen molar-refractivity contribution in [2.24, 2.45) is 5.92 Å². The lowest BCUT2D eigenvalue weighted by atomic mass is 9.84. The topological polar surface area (TPSA) is 200 Å². The molecule has 5 N–H and O–H groups in total. The molecule has 0 spiro atoms. The van der Waals surface area contributed by atoms with E-state index >= 15 is 0 Å². The van der Waals surface area contributed by atoms with Gasteiger partial charge in [0.15, 0.2) is 24.1 Å². The lowest BCUT2D eigenvalue weighted by molar-refractivity contribution is -0.304. The Morgan fingerprint density at radius 2 is 1.92 bits per heavy atom. The van der Waals surface area contributed by atoms with Crippen LogP contribution in [0.1, 0.15) is 57.3 Å². The number of H-pyrrole nitrogens is 1. The van der Waals surface area contributed by atoms with Gasteiger partial charge in [0.2, 0.25) is 0 Å². The van der Waals surface area contributed by atoms with Crippen LogP contribution < -0.4 is 10.6 Å². The molecule has 3 aromatic rings. The molecular formula is C46H54N4O11S2. The molecule has 2 aliphatic heterocycles. The number of pyridine rings is 1. The number of aliphatic hydroxyl groups is 1. The van der Waals surface area contributed by atoms with Gasteiger partial charge >= 0.3 is 6.09 Å². The van der Waals surface area contributed by atoms with Crippen LogP contribution in [0.25, 0.3) is 21.8 Å². The number of ether oxygens (including phenoxy) is 6. The van der Waals surface area contributed by atoms with Crippen LogP contribution in [0.2, 0.25) is 0 Å². The Kier molecular flexibility index (Phi) is 16.4. The van der Waals surface area contributed by atoms with E-state index in [4.69, 9.17) is 39.6 Å². The minimum Gasteiger partial charge on any atom is -0.508 e. The van der Waals surface area contributed by atoms with E-state index in [9.17, 15) is 24.6 Å². The molecule has 6 rings (SSSR count). The smallest absolute Gasteiger partial charge is 0.411 e.